The fourth-order valence-corrected chi connectivity index (χ4v) is 4.19. The monoisotopic (exact) mass is 433 g/mol. The van der Waals surface area contributed by atoms with E-state index in [4.69, 9.17) is 0 Å². The summed E-state index contributed by atoms with van der Waals surface area (Å²) in [6.45, 7) is 9.74. The molecule has 0 spiro atoms. The van der Waals surface area contributed by atoms with Gasteiger partial charge in [-0.05, 0) is 19.3 Å². The van der Waals surface area contributed by atoms with Crippen LogP contribution in [0.4, 0.5) is 0 Å². The Balaban J connectivity index is 0.00000233. The summed E-state index contributed by atoms with van der Waals surface area (Å²) in [6.07, 6.45) is 19.6. The van der Waals surface area contributed by atoms with Crippen LogP contribution in [0, 0.1) is 0 Å². The van der Waals surface area contributed by atoms with Gasteiger partial charge in [-0.2, -0.15) is 5.10 Å². The maximum Gasteiger partial charge on any atom is 0.222 e. The number of hydrogen-bond donors (Lipinski definition) is 0. The second kappa shape index (κ2) is 17.0. The molecule has 1 aliphatic rings. The first-order chi connectivity index (χ1) is 15.2. The number of hydrogen-bond acceptors (Lipinski definition) is 3. The fraction of sp³-hybridized carbons (Fsp3) is 0.808. The molecule has 1 amide bonds. The summed E-state index contributed by atoms with van der Waals surface area (Å²) in [5.41, 5.74) is 0.701. The van der Waals surface area contributed by atoms with Crippen molar-refractivity contribution in [1.82, 2.24) is 14.7 Å². The molecule has 1 saturated heterocycles. The highest BCUT2D eigenvalue weighted by Crippen LogP contribution is 2.23. The molecule has 0 atom stereocenters. The van der Waals surface area contributed by atoms with Crippen LogP contribution in [0.3, 0.4) is 0 Å². The molecule has 0 saturated carbocycles. The van der Waals surface area contributed by atoms with Crippen LogP contribution in [-0.2, 0) is 4.79 Å². The fourth-order valence-electron chi connectivity index (χ4n) is 4.19. The summed E-state index contributed by atoms with van der Waals surface area (Å²) in [7, 11) is 0. The molecule has 178 valence electrons. The third kappa shape index (κ3) is 10.5. The van der Waals surface area contributed by atoms with Gasteiger partial charge in [0.1, 0.15) is 0 Å². The van der Waals surface area contributed by atoms with Crippen LogP contribution in [0.1, 0.15) is 134 Å². The maximum absolute atomic E-state index is 12.5. The van der Waals surface area contributed by atoms with Gasteiger partial charge < -0.3 is 4.90 Å². The molecule has 1 aromatic heterocycles. The standard InChI is InChI=1S/C24H41N3O2.C2H6/c1-3-5-6-7-8-9-10-11-12-13-14-24(29)26-17-15-22(16-18-26)27-20-21(19-25-27)23(28)4-2;1-2/h19-20,22H,3-18H2,1-2H3;1-2H3. The van der Waals surface area contributed by atoms with Crippen LogP contribution in [0.5, 0.6) is 0 Å². The predicted molar refractivity (Wildman–Crippen MR) is 130 cm³/mol. The molecule has 0 aliphatic carbocycles. The van der Waals surface area contributed by atoms with E-state index in [9.17, 15) is 9.59 Å². The summed E-state index contributed by atoms with van der Waals surface area (Å²) in [6, 6.07) is 0.301. The molecule has 1 fully saturated rings. The van der Waals surface area contributed by atoms with E-state index in [0.717, 1.165) is 32.4 Å². The molecule has 5 nitrogen and oxygen atoms in total. The summed E-state index contributed by atoms with van der Waals surface area (Å²) in [5, 5.41) is 4.38. The average Bonchev–Trinajstić information content (AvgIpc) is 3.31. The van der Waals surface area contributed by atoms with E-state index in [2.05, 4.69) is 12.0 Å². The number of unbranched alkanes of at least 4 members (excludes halogenated alkanes) is 9. The largest absolute Gasteiger partial charge is 0.343 e. The van der Waals surface area contributed by atoms with Crippen molar-refractivity contribution >= 4 is 11.7 Å². The normalized spacial score (nSPS) is 14.3. The van der Waals surface area contributed by atoms with Gasteiger partial charge in [0.15, 0.2) is 5.78 Å². The molecule has 2 heterocycles. The molecule has 0 radical (unpaired) electrons. The summed E-state index contributed by atoms with van der Waals surface area (Å²) in [5.74, 6) is 0.450. The third-order valence-corrected chi connectivity index (χ3v) is 6.18. The SMILES string of the molecule is CC.CCCCCCCCCCCCC(=O)N1CCC(n2cc(C(=O)CC)cn2)CC1. The van der Waals surface area contributed by atoms with Crippen LogP contribution in [0.15, 0.2) is 12.4 Å². The van der Waals surface area contributed by atoms with Crippen molar-refractivity contribution in [2.24, 2.45) is 0 Å². The lowest BCUT2D eigenvalue weighted by atomic mass is 10.0. The second-order valence-electron chi connectivity index (χ2n) is 8.53. The topological polar surface area (TPSA) is 55.2 Å². The van der Waals surface area contributed by atoms with Crippen LogP contribution in [0.25, 0.3) is 0 Å². The van der Waals surface area contributed by atoms with Crippen molar-refractivity contribution in [3.63, 3.8) is 0 Å². The third-order valence-electron chi connectivity index (χ3n) is 6.18. The van der Waals surface area contributed by atoms with Gasteiger partial charge >= 0.3 is 0 Å². The number of carbonyl (C=O) groups excluding carboxylic acids is 2. The Hall–Kier alpha value is -1.65. The predicted octanol–water partition coefficient (Wildman–Crippen LogP) is 6.98. The number of carbonyl (C=O) groups is 2. The smallest absolute Gasteiger partial charge is 0.222 e. The van der Waals surface area contributed by atoms with Gasteiger partial charge in [0, 0.05) is 32.1 Å². The number of nitrogens with zero attached hydrogens (tertiary/aromatic N) is 3. The summed E-state index contributed by atoms with van der Waals surface area (Å²) >= 11 is 0. The molecule has 1 aromatic rings. The number of Topliss-reactive ketones (excluding diaryl/α,β-unsaturated/α-hetero) is 1. The van der Waals surface area contributed by atoms with Crippen LogP contribution < -0.4 is 0 Å². The molecular weight excluding hydrogens is 386 g/mol. The molecule has 0 bridgehead atoms. The highest BCUT2D eigenvalue weighted by Gasteiger charge is 2.24. The first kappa shape index (κ1) is 27.4. The van der Waals surface area contributed by atoms with Gasteiger partial charge in [0.25, 0.3) is 0 Å². The Morgan fingerprint density at radius 3 is 2.00 bits per heavy atom. The van der Waals surface area contributed by atoms with E-state index in [1.807, 2.05) is 36.5 Å². The second-order valence-corrected chi connectivity index (χ2v) is 8.53. The first-order valence-electron chi connectivity index (χ1n) is 13.0. The van der Waals surface area contributed by atoms with Crippen molar-refractivity contribution in [2.75, 3.05) is 13.1 Å². The molecule has 5 heteroatoms. The minimum absolute atomic E-state index is 0.139. The molecule has 0 aromatic carbocycles. The molecule has 1 aliphatic heterocycles. The summed E-state index contributed by atoms with van der Waals surface area (Å²) < 4.78 is 1.92. The Bertz CT molecular complexity index is 604. The Labute approximate surface area is 191 Å². The van der Waals surface area contributed by atoms with Gasteiger partial charge in [-0.15, -0.1) is 0 Å². The minimum Gasteiger partial charge on any atom is -0.343 e. The maximum atomic E-state index is 12.5. The number of ketones is 1. The molecular formula is C26H47N3O2. The molecule has 2 rings (SSSR count). The minimum atomic E-state index is 0.139. The lowest BCUT2D eigenvalue weighted by Gasteiger charge is -2.32. The highest BCUT2D eigenvalue weighted by molar-refractivity contribution is 5.95. The van der Waals surface area contributed by atoms with E-state index >= 15 is 0 Å². The van der Waals surface area contributed by atoms with E-state index in [-0.39, 0.29) is 5.78 Å². The number of piperidine rings is 1. The van der Waals surface area contributed by atoms with Crippen LogP contribution >= 0.6 is 0 Å². The Morgan fingerprint density at radius 1 is 0.903 bits per heavy atom. The number of aromatic nitrogens is 2. The number of amides is 1. The van der Waals surface area contributed by atoms with Gasteiger partial charge in [0.2, 0.25) is 5.91 Å². The summed E-state index contributed by atoms with van der Waals surface area (Å²) in [4.78, 5) is 26.3. The van der Waals surface area contributed by atoms with E-state index in [1.165, 1.54) is 57.8 Å². The van der Waals surface area contributed by atoms with E-state index in [1.54, 1.807) is 6.20 Å². The number of likely N-dealkylation sites (tertiary alicyclic amines) is 1. The lowest BCUT2D eigenvalue weighted by molar-refractivity contribution is -0.132. The molecule has 0 unspecified atom stereocenters. The van der Waals surface area contributed by atoms with Gasteiger partial charge in [0.05, 0.1) is 17.8 Å². The van der Waals surface area contributed by atoms with Crippen molar-refractivity contribution in [3.05, 3.63) is 18.0 Å². The van der Waals surface area contributed by atoms with Crippen molar-refractivity contribution in [3.8, 4) is 0 Å². The Morgan fingerprint density at radius 2 is 1.45 bits per heavy atom. The molecule has 31 heavy (non-hydrogen) atoms. The average molecular weight is 434 g/mol. The zero-order valence-corrected chi connectivity index (χ0v) is 20.7. The van der Waals surface area contributed by atoms with Crippen molar-refractivity contribution in [2.45, 2.75) is 124 Å². The lowest BCUT2D eigenvalue weighted by Crippen LogP contribution is -2.39. The van der Waals surface area contributed by atoms with E-state index < -0.39 is 0 Å². The van der Waals surface area contributed by atoms with Crippen LogP contribution in [-0.4, -0.2) is 39.5 Å². The highest BCUT2D eigenvalue weighted by atomic mass is 16.2. The van der Waals surface area contributed by atoms with Gasteiger partial charge in [-0.25, -0.2) is 0 Å². The van der Waals surface area contributed by atoms with Gasteiger partial charge in [-0.1, -0.05) is 85.5 Å². The van der Waals surface area contributed by atoms with Crippen LogP contribution in [0.2, 0.25) is 0 Å². The molecule has 0 N–H and O–H groups in total. The van der Waals surface area contributed by atoms with E-state index in [0.29, 0.717) is 30.4 Å². The zero-order chi connectivity index (χ0) is 22.9. The number of rotatable bonds is 14. The Kier molecular flexibility index (Phi) is 15.0. The van der Waals surface area contributed by atoms with Crippen molar-refractivity contribution < 1.29 is 9.59 Å². The zero-order valence-electron chi connectivity index (χ0n) is 20.7. The quantitative estimate of drug-likeness (QED) is 0.235. The van der Waals surface area contributed by atoms with Crippen molar-refractivity contribution in [1.29, 1.82) is 0 Å². The first-order valence-corrected chi connectivity index (χ1v) is 13.0. The van der Waals surface area contributed by atoms with Gasteiger partial charge in [-0.3, -0.25) is 14.3 Å².